The van der Waals surface area contributed by atoms with Gasteiger partial charge in [-0.25, -0.2) is 0 Å². The number of hydrogen-bond acceptors (Lipinski definition) is 3. The van der Waals surface area contributed by atoms with Crippen molar-refractivity contribution >= 4 is 38.7 Å². The van der Waals surface area contributed by atoms with Gasteiger partial charge < -0.3 is 12.2 Å². The second-order valence-electron chi connectivity index (χ2n) is 0.315. The van der Waals surface area contributed by atoms with E-state index in [0.29, 0.717) is 0 Å². The summed E-state index contributed by atoms with van der Waals surface area (Å²) in [5.41, 5.74) is 0. The van der Waals surface area contributed by atoms with Crippen molar-refractivity contribution in [3.63, 3.8) is 0 Å². The number of hydrogen-bond donors (Lipinski definition) is 0. The maximum atomic E-state index is 9.69. The Morgan fingerprint density at radius 1 is 2.00 bits per heavy atom. The third-order valence-electron chi connectivity index (χ3n) is 0.0745. The molecular formula is OPS2Si. The molecular weight excluding hydrogens is 139 g/mol. The van der Waals surface area contributed by atoms with Crippen LogP contribution in [0.15, 0.2) is 0 Å². The largest absolute Gasteiger partial charge is 0.432 e. The van der Waals surface area contributed by atoms with Gasteiger partial charge in [-0.05, 0) is 0 Å². The molecule has 0 rings (SSSR count). The van der Waals surface area contributed by atoms with Crippen LogP contribution in [0.25, 0.3) is 0 Å². The topological polar surface area (TPSA) is 17.1 Å². The van der Waals surface area contributed by atoms with E-state index in [9.17, 15) is 4.57 Å². The zero-order valence-electron chi connectivity index (χ0n) is 2.17. The van der Waals surface area contributed by atoms with Gasteiger partial charge in [-0.15, -0.1) is 0 Å². The Labute approximate surface area is 43.7 Å². The minimum absolute atomic E-state index is 1.01. The molecule has 0 aromatic heterocycles. The summed E-state index contributed by atoms with van der Waals surface area (Å²) in [6.07, 6.45) is -1.43. The van der Waals surface area contributed by atoms with Crippen LogP contribution in [0, 0.1) is 0 Å². The molecule has 1 atom stereocenters. The van der Waals surface area contributed by atoms with Gasteiger partial charge in [0.25, 0.3) is 6.20 Å². The molecule has 0 saturated heterocycles. The van der Waals surface area contributed by atoms with Gasteiger partial charge in [-0.3, -0.25) is 0 Å². The van der Waals surface area contributed by atoms with Crippen LogP contribution in [-0.2, 0) is 16.8 Å². The fourth-order valence-corrected chi connectivity index (χ4v) is 0. The van der Waals surface area contributed by atoms with Crippen molar-refractivity contribution in [2.24, 2.45) is 0 Å². The second kappa shape index (κ2) is 3.22. The van der Waals surface area contributed by atoms with Gasteiger partial charge in [-0.2, -0.15) is 0 Å². The summed E-state index contributed by atoms with van der Waals surface area (Å²) in [4.78, 5) is 0. The lowest BCUT2D eigenvalue weighted by molar-refractivity contribution is 0.604. The van der Waals surface area contributed by atoms with Crippen LogP contribution in [0.4, 0.5) is 0 Å². The molecule has 0 aromatic rings. The van der Waals surface area contributed by atoms with E-state index >= 15 is 0 Å². The Morgan fingerprint density at radius 3 is 2.20 bits per heavy atom. The lowest BCUT2D eigenvalue weighted by Gasteiger charge is -1.68. The van der Waals surface area contributed by atoms with Crippen LogP contribution in [0.2, 0.25) is 0 Å². The van der Waals surface area contributed by atoms with E-state index in [2.05, 4.69) is 21.6 Å². The summed E-state index contributed by atoms with van der Waals surface area (Å²) in [7, 11) is 3.89. The fourth-order valence-electron chi connectivity index (χ4n) is 0. The summed E-state index contributed by atoms with van der Waals surface area (Å²) < 4.78 is 9.69. The molecule has 0 heterocycles. The van der Waals surface area contributed by atoms with Crippen molar-refractivity contribution in [1.82, 2.24) is 0 Å². The Morgan fingerprint density at radius 2 is 2.20 bits per heavy atom. The van der Waals surface area contributed by atoms with Crippen LogP contribution in [0.5, 0.6) is 0 Å². The van der Waals surface area contributed by atoms with Gasteiger partial charge in [0.15, 0.2) is 9.39 Å². The highest BCUT2D eigenvalue weighted by Gasteiger charge is 1.83. The van der Waals surface area contributed by atoms with Gasteiger partial charge in [0.05, 0.1) is 10.8 Å². The standard InChI is InChI=1S/OPS2Si/c1-2(3)4-5. The van der Waals surface area contributed by atoms with Crippen molar-refractivity contribution in [2.45, 2.75) is 0 Å². The quantitative estimate of drug-likeness (QED) is 0.306. The van der Waals surface area contributed by atoms with Gasteiger partial charge in [0.2, 0.25) is 0 Å². The molecule has 0 fully saturated rings. The average molecular weight is 139 g/mol. The van der Waals surface area contributed by atoms with E-state index in [1.54, 1.807) is 0 Å². The lowest BCUT2D eigenvalue weighted by Crippen LogP contribution is -1.34. The van der Waals surface area contributed by atoms with Crippen LogP contribution < -0.4 is 0 Å². The fraction of sp³-hybridized carbons (Fsp3) is 0. The van der Waals surface area contributed by atoms with Crippen molar-refractivity contribution in [3.05, 3.63) is 0 Å². The highest BCUT2D eigenvalue weighted by Crippen LogP contribution is 2.29. The molecule has 0 aromatic carbocycles. The smallest absolute Gasteiger partial charge is 0.269 e. The van der Waals surface area contributed by atoms with Gasteiger partial charge in [0.1, 0.15) is 0 Å². The minimum Gasteiger partial charge on any atom is -0.432 e. The molecule has 0 aliphatic rings. The SMILES string of the molecule is O=[P+]([S-])S[Si]. The van der Waals surface area contributed by atoms with Crippen molar-refractivity contribution in [1.29, 1.82) is 0 Å². The van der Waals surface area contributed by atoms with Crippen molar-refractivity contribution < 1.29 is 4.57 Å². The van der Waals surface area contributed by atoms with Gasteiger partial charge >= 0.3 is 0 Å². The maximum absolute atomic E-state index is 9.69. The summed E-state index contributed by atoms with van der Waals surface area (Å²) in [5, 5.41) is 0. The zero-order chi connectivity index (χ0) is 4.28. The molecule has 0 saturated carbocycles. The van der Waals surface area contributed by atoms with E-state index in [4.69, 9.17) is 0 Å². The first-order valence-electron chi connectivity index (χ1n) is 0.752. The molecule has 0 aliphatic carbocycles. The highest BCUT2D eigenvalue weighted by atomic mass is 33.1. The third-order valence-corrected chi connectivity index (χ3v) is 4.02. The lowest BCUT2D eigenvalue weighted by atomic mass is 16.0. The molecule has 0 aliphatic heterocycles. The van der Waals surface area contributed by atoms with E-state index in [1.165, 1.54) is 0 Å². The average Bonchev–Trinajstić information content (AvgIpc) is 1.38. The molecule has 0 spiro atoms. The van der Waals surface area contributed by atoms with E-state index in [1.807, 2.05) is 0 Å². The zero-order valence-corrected chi connectivity index (χ0v) is 5.70. The van der Waals surface area contributed by atoms with E-state index in [0.717, 1.165) is 10.8 Å². The summed E-state index contributed by atoms with van der Waals surface area (Å²) >= 11 is 4.20. The maximum Gasteiger partial charge on any atom is 0.269 e. The van der Waals surface area contributed by atoms with Crippen LogP contribution >= 0.6 is 17.0 Å². The summed E-state index contributed by atoms with van der Waals surface area (Å²) in [6.45, 7) is 0. The Bertz CT molecular complexity index is 44.9. The van der Waals surface area contributed by atoms with Crippen LogP contribution in [0.3, 0.4) is 0 Å². The Hall–Kier alpha value is 1.02. The second-order valence-corrected chi connectivity index (χ2v) is 5.82. The third kappa shape index (κ3) is 5.02. The normalized spacial score (nSPS) is 11.2. The first kappa shape index (κ1) is 6.02. The van der Waals surface area contributed by atoms with E-state index < -0.39 is 6.20 Å². The molecule has 3 radical (unpaired) electrons. The number of rotatable bonds is 1. The van der Waals surface area contributed by atoms with Gasteiger partial charge in [-0.1, -0.05) is 4.57 Å². The predicted octanol–water partition coefficient (Wildman–Crippen LogP) is 1.01. The molecule has 5 heteroatoms. The van der Waals surface area contributed by atoms with Gasteiger partial charge in [0, 0.05) is 0 Å². The van der Waals surface area contributed by atoms with Crippen molar-refractivity contribution in [3.8, 4) is 0 Å². The monoisotopic (exact) mass is 139 g/mol. The minimum atomic E-state index is -1.43. The summed E-state index contributed by atoms with van der Waals surface area (Å²) in [5.74, 6) is 0. The van der Waals surface area contributed by atoms with Crippen molar-refractivity contribution in [2.75, 3.05) is 0 Å². The Kier molecular flexibility index (Phi) is 3.87. The van der Waals surface area contributed by atoms with Crippen LogP contribution in [-0.4, -0.2) is 9.39 Å². The summed E-state index contributed by atoms with van der Waals surface area (Å²) in [6, 6.07) is 0. The molecule has 1 nitrogen and oxygen atoms in total. The molecule has 1 unspecified atom stereocenters. The first-order chi connectivity index (χ1) is 2.27. The molecule has 0 amide bonds. The van der Waals surface area contributed by atoms with E-state index in [-0.39, 0.29) is 0 Å². The Balaban J connectivity index is 2.85. The highest BCUT2D eigenvalue weighted by molar-refractivity contribution is 8.81. The molecule has 0 bridgehead atoms. The first-order valence-corrected chi connectivity index (χ1v) is 5.67. The molecule has 27 valence electrons. The predicted molar refractivity (Wildman–Crippen MR) is 28.3 cm³/mol. The molecule has 5 heavy (non-hydrogen) atoms. The molecule has 0 N–H and O–H groups in total. The van der Waals surface area contributed by atoms with Crippen LogP contribution in [0.1, 0.15) is 0 Å².